The highest BCUT2D eigenvalue weighted by Crippen LogP contribution is 2.20. The Balaban J connectivity index is 0.000000366. The Morgan fingerprint density at radius 2 is 1.55 bits per heavy atom. The number of rotatable bonds is 4. The van der Waals surface area contributed by atoms with Gasteiger partial charge >= 0.3 is 15.6 Å². The Hall–Kier alpha value is -2.82. The van der Waals surface area contributed by atoms with Gasteiger partial charge in [-0.15, -0.1) is 0 Å². The summed E-state index contributed by atoms with van der Waals surface area (Å²) in [5.41, 5.74) is -2.12. The molecular weight excluding hydrogens is 457 g/mol. The average molecular weight is 475 g/mol. The zero-order valence-electron chi connectivity index (χ0n) is 15.9. The first kappa shape index (κ1) is 24.4. The molecule has 0 spiro atoms. The molecule has 0 saturated carbocycles. The predicted octanol–water partition coefficient (Wildman–Crippen LogP) is 4.79. The number of benzene rings is 2. The van der Waals surface area contributed by atoms with Crippen molar-refractivity contribution < 1.29 is 31.3 Å². The fraction of sp³-hybridized carbons (Fsp3) is 0.150. The van der Waals surface area contributed by atoms with Crippen LogP contribution in [0, 0.1) is 0 Å². The van der Waals surface area contributed by atoms with E-state index in [0.29, 0.717) is 10.4 Å². The summed E-state index contributed by atoms with van der Waals surface area (Å²) in [6.45, 7) is 0. The van der Waals surface area contributed by atoms with Gasteiger partial charge in [0.25, 0.3) is 0 Å². The lowest BCUT2D eigenvalue weighted by Gasteiger charge is -2.04. The maximum Gasteiger partial charge on any atom is 0.522 e. The normalized spacial score (nSPS) is 12.2. The first-order valence-electron chi connectivity index (χ1n) is 8.74. The van der Waals surface area contributed by atoms with Crippen molar-refractivity contribution in [3.05, 3.63) is 94.6 Å². The van der Waals surface area contributed by atoms with Crippen LogP contribution in [0.15, 0.2) is 78.0 Å². The minimum atomic E-state index is -5.84. The van der Waals surface area contributed by atoms with Crippen molar-refractivity contribution in [2.45, 2.75) is 18.3 Å². The molecule has 0 saturated heterocycles. The number of hydrogen-bond acceptors (Lipinski definition) is 4. The number of hydrogen-bond donors (Lipinski definition) is 2. The fourth-order valence-electron chi connectivity index (χ4n) is 2.40. The minimum absolute atomic E-state index is 0.407. The van der Waals surface area contributed by atoms with E-state index in [1.54, 1.807) is 6.07 Å². The van der Waals surface area contributed by atoms with E-state index in [-0.39, 0.29) is 0 Å². The third-order valence-corrected chi connectivity index (χ3v) is 4.75. The molecule has 31 heavy (non-hydrogen) atoms. The van der Waals surface area contributed by atoms with Crippen molar-refractivity contribution >= 4 is 27.4 Å². The van der Waals surface area contributed by atoms with Gasteiger partial charge in [0.05, 0.1) is 22.3 Å². The van der Waals surface area contributed by atoms with Gasteiger partial charge in [-0.2, -0.15) is 21.6 Å². The molecule has 0 fully saturated rings. The lowest BCUT2D eigenvalue weighted by atomic mass is 10.0. The highest BCUT2D eigenvalue weighted by Gasteiger charge is 2.44. The molecule has 3 rings (SSSR count). The molecule has 1 aromatic heterocycles. The van der Waals surface area contributed by atoms with Crippen LogP contribution in [-0.4, -0.2) is 28.4 Å². The van der Waals surface area contributed by atoms with Crippen molar-refractivity contribution in [2.24, 2.45) is 4.99 Å². The molecule has 2 aromatic carbocycles. The summed E-state index contributed by atoms with van der Waals surface area (Å²) in [6.07, 6.45) is 4.89. The van der Waals surface area contributed by atoms with Crippen LogP contribution in [0.4, 0.5) is 18.9 Å². The van der Waals surface area contributed by atoms with Crippen LogP contribution >= 0.6 is 11.6 Å². The van der Waals surface area contributed by atoms with E-state index >= 15 is 0 Å². The molecule has 166 valence electrons. The monoisotopic (exact) mass is 474 g/mol. The molecule has 0 amide bonds. The number of nitrogens with zero attached hydrogens (tertiary/aromatic N) is 2. The second-order valence-electron chi connectivity index (χ2n) is 6.25. The first-order chi connectivity index (χ1) is 14.5. The SMILES string of the molecule is O=S(=O)(O)C(F)(F)F.On1ccc(=Nc2cccc(CCc3ccccc3)c2)c(Cl)c1. The van der Waals surface area contributed by atoms with Gasteiger partial charge in [-0.05, 0) is 42.2 Å². The Kier molecular flexibility index (Phi) is 8.26. The van der Waals surface area contributed by atoms with E-state index in [4.69, 9.17) is 24.6 Å². The van der Waals surface area contributed by atoms with Crippen LogP contribution in [0.5, 0.6) is 0 Å². The Bertz CT molecular complexity index is 1180. The average Bonchev–Trinajstić information content (AvgIpc) is 2.69. The third-order valence-electron chi connectivity index (χ3n) is 3.87. The largest absolute Gasteiger partial charge is 0.522 e. The molecule has 11 heteroatoms. The molecule has 0 aliphatic carbocycles. The van der Waals surface area contributed by atoms with E-state index in [9.17, 15) is 18.4 Å². The van der Waals surface area contributed by atoms with Gasteiger partial charge in [-0.3, -0.25) is 4.55 Å². The highest BCUT2D eigenvalue weighted by atomic mass is 35.5. The molecule has 0 unspecified atom stereocenters. The fourth-order valence-corrected chi connectivity index (χ4v) is 2.60. The van der Waals surface area contributed by atoms with Gasteiger partial charge in [-0.1, -0.05) is 54.1 Å². The molecule has 6 nitrogen and oxygen atoms in total. The smallest absolute Gasteiger partial charge is 0.429 e. The molecule has 3 aromatic rings. The molecule has 0 atom stereocenters. The predicted molar refractivity (Wildman–Crippen MR) is 110 cm³/mol. The van der Waals surface area contributed by atoms with E-state index in [1.807, 2.05) is 18.2 Å². The standard InChI is InChI=1S/C19H17ClN2O.CHF3O3S/c20-18-14-22(23)12-11-19(18)21-17-8-4-7-16(13-17)10-9-15-5-2-1-3-6-15;2-1(3,4)8(5,6)7/h1-8,11-14,23H,9-10H2;(H,5,6,7). The van der Waals surface area contributed by atoms with Crippen molar-refractivity contribution in [3.8, 4) is 0 Å². The van der Waals surface area contributed by atoms with Crippen LogP contribution in [0.25, 0.3) is 0 Å². The summed E-state index contributed by atoms with van der Waals surface area (Å²) < 4.78 is 58.5. The van der Waals surface area contributed by atoms with Crippen molar-refractivity contribution in [1.29, 1.82) is 0 Å². The van der Waals surface area contributed by atoms with Gasteiger partial charge in [0.15, 0.2) is 0 Å². The quantitative estimate of drug-likeness (QED) is 0.323. The van der Waals surface area contributed by atoms with E-state index < -0.39 is 15.6 Å². The summed E-state index contributed by atoms with van der Waals surface area (Å²) in [6, 6.07) is 20.2. The second kappa shape index (κ2) is 10.5. The van der Waals surface area contributed by atoms with Gasteiger partial charge in [0.2, 0.25) is 0 Å². The number of aromatic nitrogens is 1. The number of halogens is 4. The van der Waals surface area contributed by atoms with E-state index in [2.05, 4.69) is 41.4 Å². The van der Waals surface area contributed by atoms with Crippen LogP contribution in [0.1, 0.15) is 11.1 Å². The molecule has 2 N–H and O–H groups in total. The van der Waals surface area contributed by atoms with E-state index in [1.165, 1.54) is 23.5 Å². The molecule has 1 heterocycles. The summed E-state index contributed by atoms with van der Waals surface area (Å²) in [4.78, 5) is 4.54. The summed E-state index contributed by atoms with van der Waals surface area (Å²) >= 11 is 6.09. The summed E-state index contributed by atoms with van der Waals surface area (Å²) in [5, 5.41) is 10.4. The lowest BCUT2D eigenvalue weighted by Crippen LogP contribution is -2.21. The number of alkyl halides is 3. The molecule has 0 bridgehead atoms. The summed E-state index contributed by atoms with van der Waals surface area (Å²) in [7, 11) is -5.84. The maximum atomic E-state index is 10.7. The molecule has 0 aliphatic rings. The first-order valence-corrected chi connectivity index (χ1v) is 10.6. The molecular formula is C20H18ClF3N2O4S. The zero-order chi connectivity index (χ0) is 23.1. The second-order valence-corrected chi connectivity index (χ2v) is 8.07. The minimum Gasteiger partial charge on any atom is -0.429 e. The highest BCUT2D eigenvalue weighted by molar-refractivity contribution is 7.86. The van der Waals surface area contributed by atoms with Gasteiger partial charge in [0.1, 0.15) is 0 Å². The van der Waals surface area contributed by atoms with Crippen molar-refractivity contribution in [2.75, 3.05) is 0 Å². The van der Waals surface area contributed by atoms with Crippen LogP contribution < -0.4 is 5.36 Å². The summed E-state index contributed by atoms with van der Waals surface area (Å²) in [5.74, 6) is 0. The van der Waals surface area contributed by atoms with Crippen LogP contribution in [0.2, 0.25) is 5.02 Å². The van der Waals surface area contributed by atoms with Crippen molar-refractivity contribution in [3.63, 3.8) is 0 Å². The zero-order valence-corrected chi connectivity index (χ0v) is 17.4. The van der Waals surface area contributed by atoms with Gasteiger partial charge in [-0.25, -0.2) is 9.72 Å². The maximum absolute atomic E-state index is 10.7. The van der Waals surface area contributed by atoms with Crippen molar-refractivity contribution in [1.82, 2.24) is 4.73 Å². The van der Waals surface area contributed by atoms with E-state index in [0.717, 1.165) is 23.3 Å². The van der Waals surface area contributed by atoms with Crippen LogP contribution in [-0.2, 0) is 23.0 Å². The van der Waals surface area contributed by atoms with Gasteiger partial charge in [0, 0.05) is 6.20 Å². The molecule has 0 radical (unpaired) electrons. The number of pyridine rings is 1. The number of aryl methyl sites for hydroxylation is 2. The van der Waals surface area contributed by atoms with Crippen LogP contribution in [0.3, 0.4) is 0 Å². The Morgan fingerprint density at radius 3 is 2.13 bits per heavy atom. The topological polar surface area (TPSA) is 91.9 Å². The third kappa shape index (κ3) is 8.08. The van der Waals surface area contributed by atoms with Gasteiger partial charge < -0.3 is 5.21 Å². The Labute approximate surface area is 181 Å². The Morgan fingerprint density at radius 1 is 0.968 bits per heavy atom. The lowest BCUT2D eigenvalue weighted by molar-refractivity contribution is -0.0510. The molecule has 0 aliphatic heterocycles.